The maximum Gasteiger partial charge on any atom is 0.317 e. The smallest absolute Gasteiger partial charge is 0.317 e. The third-order valence-corrected chi connectivity index (χ3v) is 4.05. The number of aromatic nitrogens is 2. The number of rotatable bonds is 5. The lowest BCUT2D eigenvalue weighted by atomic mass is 10.2. The summed E-state index contributed by atoms with van der Waals surface area (Å²) in [6.07, 6.45) is 0.286. The first kappa shape index (κ1) is 17.5. The van der Waals surface area contributed by atoms with E-state index in [4.69, 9.17) is 13.7 Å². The second-order valence-electron chi connectivity index (χ2n) is 6.44. The molecule has 2 aromatic heterocycles. The molecule has 1 saturated heterocycles. The first-order valence-electron chi connectivity index (χ1n) is 8.56. The molecule has 0 spiro atoms. The zero-order chi connectivity index (χ0) is 17.8. The van der Waals surface area contributed by atoms with Crippen LogP contribution in [0.1, 0.15) is 49.1 Å². The molecule has 2 aromatic rings. The van der Waals surface area contributed by atoms with Crippen LogP contribution in [0, 0.1) is 6.92 Å². The molecule has 0 radical (unpaired) electrons. The van der Waals surface area contributed by atoms with Gasteiger partial charge in [0.05, 0.1) is 13.2 Å². The van der Waals surface area contributed by atoms with Crippen molar-refractivity contribution in [2.45, 2.75) is 39.2 Å². The predicted molar refractivity (Wildman–Crippen MR) is 89.2 cm³/mol. The Labute approximate surface area is 146 Å². The van der Waals surface area contributed by atoms with Gasteiger partial charge in [-0.2, -0.15) is 4.98 Å². The number of morpholine rings is 1. The van der Waals surface area contributed by atoms with Crippen LogP contribution in [0.4, 0.5) is 4.79 Å². The average Bonchev–Trinajstić information content (AvgIpc) is 3.24. The van der Waals surface area contributed by atoms with Crippen molar-refractivity contribution in [2.24, 2.45) is 0 Å². The third-order valence-electron chi connectivity index (χ3n) is 4.05. The van der Waals surface area contributed by atoms with Gasteiger partial charge in [-0.05, 0) is 19.1 Å². The van der Waals surface area contributed by atoms with E-state index in [1.54, 1.807) is 4.90 Å². The van der Waals surface area contributed by atoms with Crippen molar-refractivity contribution in [3.8, 4) is 0 Å². The number of aryl methyl sites for hydroxylation is 1. The fraction of sp³-hybridized carbons (Fsp3) is 0.588. The first-order valence-corrected chi connectivity index (χ1v) is 8.56. The number of ether oxygens (including phenoxy) is 1. The van der Waals surface area contributed by atoms with E-state index >= 15 is 0 Å². The second kappa shape index (κ2) is 7.69. The van der Waals surface area contributed by atoms with Gasteiger partial charge in [-0.3, -0.25) is 0 Å². The van der Waals surface area contributed by atoms with Crippen molar-refractivity contribution in [2.75, 3.05) is 26.2 Å². The molecule has 0 aromatic carbocycles. The number of furan rings is 1. The number of nitrogens with one attached hydrogen (secondary N) is 1. The standard InChI is InChI=1S/C17H24N4O4/c1-11(2)16-19-15(25-20-16)6-7-18-17(22)21-8-9-23-14(10-21)13-5-4-12(3)24-13/h4-5,11,14H,6-10H2,1-3H3,(H,18,22)/t14-/m0/s1. The van der Waals surface area contributed by atoms with Crippen molar-refractivity contribution in [3.63, 3.8) is 0 Å². The van der Waals surface area contributed by atoms with Gasteiger partial charge < -0.3 is 23.9 Å². The van der Waals surface area contributed by atoms with Crippen LogP contribution in [0.3, 0.4) is 0 Å². The highest BCUT2D eigenvalue weighted by atomic mass is 16.5. The van der Waals surface area contributed by atoms with Gasteiger partial charge in [0.1, 0.15) is 17.6 Å². The molecule has 0 aliphatic carbocycles. The van der Waals surface area contributed by atoms with Crippen LogP contribution >= 0.6 is 0 Å². The van der Waals surface area contributed by atoms with Crippen LogP contribution < -0.4 is 5.32 Å². The Kier molecular flexibility index (Phi) is 5.37. The monoisotopic (exact) mass is 348 g/mol. The molecule has 1 aliphatic rings. The van der Waals surface area contributed by atoms with E-state index in [0.29, 0.717) is 44.4 Å². The third kappa shape index (κ3) is 4.39. The topological polar surface area (TPSA) is 93.6 Å². The maximum absolute atomic E-state index is 12.3. The largest absolute Gasteiger partial charge is 0.464 e. The maximum atomic E-state index is 12.3. The number of hydrogen-bond donors (Lipinski definition) is 1. The SMILES string of the molecule is Cc1ccc([C@@H]2CN(C(=O)NCCc3nc(C(C)C)no3)CCO2)o1. The molecular formula is C17H24N4O4. The van der Waals surface area contributed by atoms with E-state index in [2.05, 4.69) is 15.5 Å². The Hall–Kier alpha value is -2.35. The van der Waals surface area contributed by atoms with Gasteiger partial charge in [-0.25, -0.2) is 4.79 Å². The van der Waals surface area contributed by atoms with Crippen molar-refractivity contribution >= 4 is 6.03 Å². The quantitative estimate of drug-likeness (QED) is 0.892. The van der Waals surface area contributed by atoms with Crippen molar-refractivity contribution in [1.82, 2.24) is 20.4 Å². The molecule has 0 saturated carbocycles. The van der Waals surface area contributed by atoms with E-state index < -0.39 is 0 Å². The Bertz CT molecular complexity index is 709. The number of carbonyl (C=O) groups excluding carboxylic acids is 1. The Morgan fingerprint density at radius 3 is 2.96 bits per heavy atom. The van der Waals surface area contributed by atoms with E-state index in [-0.39, 0.29) is 18.1 Å². The van der Waals surface area contributed by atoms with Gasteiger partial charge in [0.15, 0.2) is 5.82 Å². The molecule has 1 atom stereocenters. The molecule has 2 amide bonds. The fourth-order valence-corrected chi connectivity index (χ4v) is 2.62. The van der Waals surface area contributed by atoms with E-state index in [1.807, 2.05) is 32.9 Å². The number of hydrogen-bond acceptors (Lipinski definition) is 6. The number of carbonyl (C=O) groups is 1. The summed E-state index contributed by atoms with van der Waals surface area (Å²) in [4.78, 5) is 18.4. The lowest BCUT2D eigenvalue weighted by Gasteiger charge is -2.32. The van der Waals surface area contributed by atoms with Crippen molar-refractivity contribution < 1.29 is 18.5 Å². The summed E-state index contributed by atoms with van der Waals surface area (Å²) in [5, 5.41) is 6.80. The van der Waals surface area contributed by atoms with E-state index in [0.717, 1.165) is 11.5 Å². The minimum absolute atomic E-state index is 0.125. The van der Waals surface area contributed by atoms with Gasteiger partial charge >= 0.3 is 6.03 Å². The summed E-state index contributed by atoms with van der Waals surface area (Å²) < 4.78 is 16.5. The Balaban J connectivity index is 1.47. The van der Waals surface area contributed by atoms with Crippen LogP contribution in [-0.2, 0) is 11.2 Å². The second-order valence-corrected chi connectivity index (χ2v) is 6.44. The first-order chi connectivity index (χ1) is 12.0. The molecule has 3 rings (SSSR count). The van der Waals surface area contributed by atoms with E-state index in [9.17, 15) is 4.79 Å². The molecule has 136 valence electrons. The fourth-order valence-electron chi connectivity index (χ4n) is 2.62. The summed E-state index contributed by atoms with van der Waals surface area (Å²) in [5.74, 6) is 3.03. The molecule has 1 N–H and O–H groups in total. The average molecular weight is 348 g/mol. The molecular weight excluding hydrogens is 324 g/mol. The van der Waals surface area contributed by atoms with Crippen LogP contribution in [-0.4, -0.2) is 47.3 Å². The van der Waals surface area contributed by atoms with Crippen LogP contribution in [0.5, 0.6) is 0 Å². The zero-order valence-corrected chi connectivity index (χ0v) is 14.8. The van der Waals surface area contributed by atoms with Gasteiger partial charge in [-0.1, -0.05) is 19.0 Å². The number of urea groups is 1. The van der Waals surface area contributed by atoms with E-state index in [1.165, 1.54) is 0 Å². The van der Waals surface area contributed by atoms with Gasteiger partial charge in [0.25, 0.3) is 0 Å². The summed E-state index contributed by atoms with van der Waals surface area (Å²) >= 11 is 0. The molecule has 0 bridgehead atoms. The Morgan fingerprint density at radius 1 is 1.44 bits per heavy atom. The normalized spacial score (nSPS) is 17.9. The minimum Gasteiger partial charge on any atom is -0.464 e. The van der Waals surface area contributed by atoms with Crippen LogP contribution in [0.15, 0.2) is 21.1 Å². The number of amides is 2. The molecule has 25 heavy (non-hydrogen) atoms. The lowest BCUT2D eigenvalue weighted by Crippen LogP contribution is -2.47. The number of nitrogens with zero attached hydrogens (tertiary/aromatic N) is 3. The summed E-state index contributed by atoms with van der Waals surface area (Å²) in [5.41, 5.74) is 0. The zero-order valence-electron chi connectivity index (χ0n) is 14.8. The highest BCUT2D eigenvalue weighted by molar-refractivity contribution is 5.74. The Morgan fingerprint density at radius 2 is 2.28 bits per heavy atom. The predicted octanol–water partition coefficient (Wildman–Crippen LogP) is 2.42. The highest BCUT2D eigenvalue weighted by Crippen LogP contribution is 2.24. The van der Waals surface area contributed by atoms with Gasteiger partial charge in [0.2, 0.25) is 5.89 Å². The summed E-state index contributed by atoms with van der Waals surface area (Å²) in [7, 11) is 0. The highest BCUT2D eigenvalue weighted by Gasteiger charge is 2.27. The molecule has 0 unspecified atom stereocenters. The summed E-state index contributed by atoms with van der Waals surface area (Å²) in [6, 6.07) is 3.66. The minimum atomic E-state index is -0.224. The molecule has 8 nitrogen and oxygen atoms in total. The lowest BCUT2D eigenvalue weighted by molar-refractivity contribution is -0.0263. The molecule has 1 aliphatic heterocycles. The molecule has 3 heterocycles. The van der Waals surface area contributed by atoms with Crippen LogP contribution in [0.25, 0.3) is 0 Å². The molecule has 8 heteroatoms. The van der Waals surface area contributed by atoms with Crippen molar-refractivity contribution in [3.05, 3.63) is 35.4 Å². The summed E-state index contributed by atoms with van der Waals surface area (Å²) in [6.45, 7) is 7.85. The van der Waals surface area contributed by atoms with Gasteiger partial charge in [-0.15, -0.1) is 0 Å². The van der Waals surface area contributed by atoms with Gasteiger partial charge in [0, 0.05) is 25.4 Å². The van der Waals surface area contributed by atoms with Crippen molar-refractivity contribution in [1.29, 1.82) is 0 Å². The van der Waals surface area contributed by atoms with Crippen LogP contribution in [0.2, 0.25) is 0 Å². The molecule has 1 fully saturated rings.